The van der Waals surface area contributed by atoms with E-state index in [2.05, 4.69) is 218 Å². The van der Waals surface area contributed by atoms with E-state index in [0.717, 1.165) is 33.9 Å². The Morgan fingerprint density at radius 1 is 0.534 bits per heavy atom. The first-order chi connectivity index (χ1) is 28.4. The molecule has 1 aliphatic rings. The number of fused-ring (bicyclic) bond motifs is 6. The van der Waals surface area contributed by atoms with E-state index in [-0.39, 0.29) is 11.2 Å². The van der Waals surface area contributed by atoms with Crippen LogP contribution in [0.5, 0.6) is 0 Å². The summed E-state index contributed by atoms with van der Waals surface area (Å²) in [5.74, 6) is 0.0340. The highest BCUT2D eigenvalue weighted by atomic mass is 16.1. The number of hydrogen-bond donors (Lipinski definition) is 0. The Morgan fingerprint density at radius 3 is 1.76 bits per heavy atom. The van der Waals surface area contributed by atoms with Gasteiger partial charge in [-0.2, -0.15) is 0 Å². The molecule has 0 radical (unpaired) electrons. The van der Waals surface area contributed by atoms with E-state index < -0.39 is 0 Å². The predicted octanol–water partition coefficient (Wildman–Crippen LogP) is 14.2. The molecule has 10 rings (SSSR count). The van der Waals surface area contributed by atoms with Gasteiger partial charge in [-0.05, 0) is 123 Å². The van der Waals surface area contributed by atoms with Crippen LogP contribution < -0.4 is 4.90 Å². The summed E-state index contributed by atoms with van der Waals surface area (Å²) in [7, 11) is 0. The van der Waals surface area contributed by atoms with E-state index >= 15 is 0 Å². The monoisotopic (exact) mass is 746 g/mol. The second-order valence-corrected chi connectivity index (χ2v) is 15.8. The van der Waals surface area contributed by atoms with Gasteiger partial charge in [0.25, 0.3) is 0 Å². The number of aromatic nitrogens is 1. The number of ketones is 1. The fraction of sp³-hybridized carbons (Fsp3) is 0.0727. The van der Waals surface area contributed by atoms with Gasteiger partial charge in [-0.15, -0.1) is 0 Å². The van der Waals surface area contributed by atoms with E-state index in [1.807, 2.05) is 0 Å². The maximum absolute atomic E-state index is 12.3. The summed E-state index contributed by atoms with van der Waals surface area (Å²) in [6, 6.07) is 67.9. The second kappa shape index (κ2) is 14.1. The molecule has 3 heteroatoms. The van der Waals surface area contributed by atoms with E-state index in [0.29, 0.717) is 6.42 Å². The first-order valence-corrected chi connectivity index (χ1v) is 20.0. The minimum atomic E-state index is -0.247. The minimum Gasteiger partial charge on any atom is -0.310 e. The largest absolute Gasteiger partial charge is 0.310 e. The molecule has 1 aliphatic carbocycles. The molecule has 0 aliphatic heterocycles. The molecule has 278 valence electrons. The molecular weight excluding hydrogens is 705 g/mol. The van der Waals surface area contributed by atoms with Crippen molar-refractivity contribution in [1.82, 2.24) is 4.57 Å². The maximum atomic E-state index is 12.3. The van der Waals surface area contributed by atoms with Gasteiger partial charge in [0.2, 0.25) is 0 Å². The predicted molar refractivity (Wildman–Crippen MR) is 243 cm³/mol. The average Bonchev–Trinajstić information content (AvgIpc) is 3.72. The topological polar surface area (TPSA) is 25.2 Å². The van der Waals surface area contributed by atoms with Crippen molar-refractivity contribution in [3.8, 4) is 39.1 Å². The van der Waals surface area contributed by atoms with Crippen LogP contribution in [0, 0.1) is 0 Å². The third-order valence-corrected chi connectivity index (χ3v) is 12.0. The molecule has 0 amide bonds. The molecule has 0 saturated heterocycles. The summed E-state index contributed by atoms with van der Waals surface area (Å²) in [6.45, 7) is 8.27. The molecule has 0 N–H and O–H groups in total. The Morgan fingerprint density at radius 2 is 1.07 bits per heavy atom. The van der Waals surface area contributed by atoms with Gasteiger partial charge in [-0.25, -0.2) is 0 Å². The number of benzene rings is 8. The molecule has 0 bridgehead atoms. The van der Waals surface area contributed by atoms with Crippen molar-refractivity contribution < 1.29 is 4.79 Å². The van der Waals surface area contributed by atoms with E-state index in [4.69, 9.17) is 0 Å². The van der Waals surface area contributed by atoms with Crippen molar-refractivity contribution in [2.24, 2.45) is 0 Å². The zero-order chi connectivity index (χ0) is 39.4. The lowest BCUT2D eigenvalue weighted by Crippen LogP contribution is -2.17. The van der Waals surface area contributed by atoms with E-state index in [9.17, 15) is 4.79 Å². The molecule has 0 saturated carbocycles. The van der Waals surface area contributed by atoms with Crippen LogP contribution in [-0.2, 0) is 16.6 Å². The Hall–Kier alpha value is -7.23. The SMILES string of the molecule is C=CC(=O)Cc1ccc2c(c1)C(C)(C)c1cc(N(c3ccc(-c4ccccc4)cc3)c3ccc(-c4ccc5c(c4)c4ccccc4n5-c4ccccc4)cc3)ccc1-2. The summed E-state index contributed by atoms with van der Waals surface area (Å²) < 4.78 is 2.36. The average molecular weight is 747 g/mol. The zero-order valence-electron chi connectivity index (χ0n) is 32.7. The van der Waals surface area contributed by atoms with Crippen molar-refractivity contribution in [2.45, 2.75) is 25.7 Å². The Bertz CT molecular complexity index is 3010. The second-order valence-electron chi connectivity index (χ2n) is 15.8. The summed E-state index contributed by atoms with van der Waals surface area (Å²) in [5, 5.41) is 2.48. The number of anilines is 3. The number of allylic oxidation sites excluding steroid dienone is 1. The highest BCUT2D eigenvalue weighted by Gasteiger charge is 2.36. The van der Waals surface area contributed by atoms with Crippen LogP contribution in [-0.4, -0.2) is 10.4 Å². The Kier molecular flexibility index (Phi) is 8.53. The first-order valence-electron chi connectivity index (χ1n) is 20.0. The third-order valence-electron chi connectivity index (χ3n) is 12.0. The lowest BCUT2D eigenvalue weighted by Gasteiger charge is -2.28. The number of rotatable bonds is 9. The number of nitrogens with zero attached hydrogens (tertiary/aromatic N) is 2. The molecule has 58 heavy (non-hydrogen) atoms. The normalized spacial score (nSPS) is 12.7. The fourth-order valence-electron chi connectivity index (χ4n) is 8.99. The number of para-hydroxylation sites is 2. The maximum Gasteiger partial charge on any atom is 0.159 e. The molecule has 9 aromatic rings. The highest BCUT2D eigenvalue weighted by molar-refractivity contribution is 6.10. The van der Waals surface area contributed by atoms with Crippen molar-refractivity contribution in [2.75, 3.05) is 4.90 Å². The van der Waals surface area contributed by atoms with Crippen LogP contribution in [0.25, 0.3) is 60.9 Å². The summed E-state index contributed by atoms with van der Waals surface area (Å²) >= 11 is 0. The summed E-state index contributed by atoms with van der Waals surface area (Å²) in [6.07, 6.45) is 1.78. The van der Waals surface area contributed by atoms with Crippen LogP contribution >= 0.6 is 0 Å². The third kappa shape index (κ3) is 5.95. The van der Waals surface area contributed by atoms with Crippen LogP contribution in [0.3, 0.4) is 0 Å². The lowest BCUT2D eigenvalue weighted by molar-refractivity contribution is -0.114. The van der Waals surface area contributed by atoms with Gasteiger partial charge in [0.15, 0.2) is 5.78 Å². The molecule has 3 nitrogen and oxygen atoms in total. The van der Waals surface area contributed by atoms with Gasteiger partial charge in [0, 0.05) is 45.4 Å². The van der Waals surface area contributed by atoms with Gasteiger partial charge < -0.3 is 9.47 Å². The molecule has 0 unspecified atom stereocenters. The quantitative estimate of drug-likeness (QED) is 0.137. The van der Waals surface area contributed by atoms with Crippen LogP contribution in [0.15, 0.2) is 201 Å². The number of hydrogen-bond acceptors (Lipinski definition) is 2. The molecule has 0 spiro atoms. The van der Waals surface area contributed by atoms with Crippen molar-refractivity contribution in [3.63, 3.8) is 0 Å². The fourth-order valence-corrected chi connectivity index (χ4v) is 8.99. The first kappa shape index (κ1) is 35.2. The highest BCUT2D eigenvalue weighted by Crippen LogP contribution is 2.51. The van der Waals surface area contributed by atoms with Gasteiger partial charge in [0.1, 0.15) is 0 Å². The molecule has 0 atom stereocenters. The van der Waals surface area contributed by atoms with Crippen molar-refractivity contribution in [3.05, 3.63) is 217 Å². The lowest BCUT2D eigenvalue weighted by atomic mass is 9.81. The number of carbonyl (C=O) groups excluding carboxylic acids is 1. The van der Waals surface area contributed by atoms with E-state index in [1.165, 1.54) is 66.8 Å². The number of carbonyl (C=O) groups is 1. The van der Waals surface area contributed by atoms with Crippen LogP contribution in [0.2, 0.25) is 0 Å². The van der Waals surface area contributed by atoms with Gasteiger partial charge in [-0.1, -0.05) is 142 Å². The van der Waals surface area contributed by atoms with Crippen molar-refractivity contribution >= 4 is 44.7 Å². The Balaban J connectivity index is 1.05. The standard InChI is InChI=1S/C55H42N2O/c1-4-46(58)33-37-19-30-47-48-31-29-45(36-52(48)55(2,3)51(47)34-37)56(43-25-20-39(21-26-43)38-13-7-5-8-14-38)44-27-22-40(23-28-44)41-24-32-54-50(35-41)49-17-11-12-18-53(49)57(54)42-15-9-6-10-16-42/h4-32,34-36H,1,33H2,2-3H3. The van der Waals surface area contributed by atoms with Crippen molar-refractivity contribution in [1.29, 1.82) is 0 Å². The zero-order valence-corrected chi connectivity index (χ0v) is 32.7. The Labute approximate surface area is 339 Å². The van der Waals surface area contributed by atoms with Gasteiger partial charge in [-0.3, -0.25) is 4.79 Å². The molecule has 0 fully saturated rings. The van der Waals surface area contributed by atoms with Gasteiger partial charge in [0.05, 0.1) is 11.0 Å². The molecular formula is C55H42N2O. The summed E-state index contributed by atoms with van der Waals surface area (Å²) in [4.78, 5) is 14.6. The molecule has 1 heterocycles. The minimum absolute atomic E-state index is 0.0340. The van der Waals surface area contributed by atoms with E-state index in [1.54, 1.807) is 0 Å². The molecule has 8 aromatic carbocycles. The summed E-state index contributed by atoms with van der Waals surface area (Å²) in [5.41, 5.74) is 17.3. The van der Waals surface area contributed by atoms with Crippen LogP contribution in [0.1, 0.15) is 30.5 Å². The molecule has 1 aromatic heterocycles. The smallest absolute Gasteiger partial charge is 0.159 e. The van der Waals surface area contributed by atoms with Gasteiger partial charge >= 0.3 is 0 Å². The van der Waals surface area contributed by atoms with Crippen LogP contribution in [0.4, 0.5) is 17.1 Å².